The Balaban J connectivity index is 2.64. The molecule has 1 rings (SSSR count). The lowest BCUT2D eigenvalue weighted by molar-refractivity contribution is -0.120. The molecule has 1 aromatic carbocycles. The van der Waals surface area contributed by atoms with Crippen molar-refractivity contribution in [3.8, 4) is 6.07 Å². The minimum Gasteiger partial charge on any atom is -0.389 e. The second-order valence-corrected chi connectivity index (χ2v) is 4.87. The van der Waals surface area contributed by atoms with Gasteiger partial charge in [-0.3, -0.25) is 9.69 Å². The van der Waals surface area contributed by atoms with Crippen LogP contribution in [0.1, 0.15) is 12.5 Å². The lowest BCUT2D eigenvalue weighted by atomic mass is 10.2. The topological polar surface area (TPSA) is 85.6 Å². The van der Waals surface area contributed by atoms with Crippen molar-refractivity contribution in [2.45, 2.75) is 19.1 Å². The number of benzene rings is 1. The van der Waals surface area contributed by atoms with Gasteiger partial charge in [0.1, 0.15) is 6.07 Å². The second kappa shape index (κ2) is 8.37. The molecule has 0 aliphatic heterocycles. The molecule has 0 heterocycles. The van der Waals surface area contributed by atoms with Crippen molar-refractivity contribution >= 4 is 11.6 Å². The molecule has 1 aromatic rings. The Kier molecular flexibility index (Phi) is 6.82. The minimum atomic E-state index is -0.651. The molecule has 6 nitrogen and oxygen atoms in total. The maximum absolute atomic E-state index is 12.2. The van der Waals surface area contributed by atoms with Crippen molar-refractivity contribution in [1.82, 2.24) is 4.90 Å². The normalized spacial score (nSPS) is 13.5. The molecular formula is C15H21N3O3. The first-order chi connectivity index (χ1) is 9.99. The number of amides is 1. The Hall–Kier alpha value is -1.94. The highest BCUT2D eigenvalue weighted by atomic mass is 16.5. The van der Waals surface area contributed by atoms with Crippen LogP contribution in [0.4, 0.5) is 5.69 Å². The number of likely N-dealkylation sites (N-methyl/N-ethyl adjacent to an activating group) is 1. The number of nitriles is 1. The summed E-state index contributed by atoms with van der Waals surface area (Å²) in [7, 11) is 3.26. The van der Waals surface area contributed by atoms with E-state index < -0.39 is 12.1 Å². The average molecular weight is 291 g/mol. The van der Waals surface area contributed by atoms with E-state index in [4.69, 9.17) is 10.00 Å². The van der Waals surface area contributed by atoms with Gasteiger partial charge in [0.2, 0.25) is 5.91 Å². The van der Waals surface area contributed by atoms with Crippen LogP contribution < -0.4 is 5.32 Å². The monoisotopic (exact) mass is 291 g/mol. The number of nitrogens with one attached hydrogen (secondary N) is 1. The Morgan fingerprint density at radius 3 is 2.81 bits per heavy atom. The van der Waals surface area contributed by atoms with E-state index in [0.29, 0.717) is 17.8 Å². The van der Waals surface area contributed by atoms with Crippen LogP contribution in [0.2, 0.25) is 0 Å². The van der Waals surface area contributed by atoms with E-state index in [1.807, 2.05) is 6.07 Å². The molecule has 0 radical (unpaired) electrons. The van der Waals surface area contributed by atoms with E-state index in [1.165, 1.54) is 7.11 Å². The van der Waals surface area contributed by atoms with Gasteiger partial charge in [-0.2, -0.15) is 5.26 Å². The van der Waals surface area contributed by atoms with Crippen LogP contribution in [0.15, 0.2) is 24.3 Å². The fraction of sp³-hybridized carbons (Fsp3) is 0.467. The number of nitrogens with zero attached hydrogens (tertiary/aromatic N) is 2. The van der Waals surface area contributed by atoms with Crippen molar-refractivity contribution in [1.29, 1.82) is 5.26 Å². The molecule has 2 atom stereocenters. The molecule has 0 bridgehead atoms. The summed E-state index contributed by atoms with van der Waals surface area (Å²) < 4.78 is 4.86. The fourth-order valence-electron chi connectivity index (χ4n) is 1.86. The zero-order chi connectivity index (χ0) is 15.8. The Bertz CT molecular complexity index is 513. The van der Waals surface area contributed by atoms with Crippen LogP contribution in [0.25, 0.3) is 0 Å². The van der Waals surface area contributed by atoms with Crippen molar-refractivity contribution < 1.29 is 14.6 Å². The first-order valence-corrected chi connectivity index (χ1v) is 6.66. The summed E-state index contributed by atoms with van der Waals surface area (Å²) in [5.74, 6) is -0.232. The van der Waals surface area contributed by atoms with Gasteiger partial charge in [-0.05, 0) is 26.1 Å². The number of carbonyl (C=O) groups excluding carboxylic acids is 1. The molecule has 21 heavy (non-hydrogen) atoms. The third-order valence-electron chi connectivity index (χ3n) is 3.20. The lowest BCUT2D eigenvalue weighted by Crippen LogP contribution is -2.44. The number of carbonyl (C=O) groups is 1. The van der Waals surface area contributed by atoms with Crippen LogP contribution in [-0.2, 0) is 9.53 Å². The maximum Gasteiger partial charge on any atom is 0.241 e. The summed E-state index contributed by atoms with van der Waals surface area (Å²) in [6.07, 6.45) is -0.651. The van der Waals surface area contributed by atoms with Gasteiger partial charge < -0.3 is 15.2 Å². The van der Waals surface area contributed by atoms with Crippen LogP contribution in [0.5, 0.6) is 0 Å². The molecular weight excluding hydrogens is 270 g/mol. The summed E-state index contributed by atoms with van der Waals surface area (Å²) in [4.78, 5) is 13.9. The van der Waals surface area contributed by atoms with Gasteiger partial charge in [0.05, 0.1) is 30.0 Å². The van der Waals surface area contributed by atoms with Crippen LogP contribution >= 0.6 is 0 Å². The molecule has 0 spiro atoms. The lowest BCUT2D eigenvalue weighted by Gasteiger charge is -2.26. The highest BCUT2D eigenvalue weighted by Gasteiger charge is 2.21. The minimum absolute atomic E-state index is 0.218. The smallest absolute Gasteiger partial charge is 0.241 e. The zero-order valence-corrected chi connectivity index (χ0v) is 12.5. The summed E-state index contributed by atoms with van der Waals surface area (Å²) in [6.45, 7) is 2.28. The van der Waals surface area contributed by atoms with Gasteiger partial charge in [0.15, 0.2) is 0 Å². The van der Waals surface area contributed by atoms with E-state index in [9.17, 15) is 9.90 Å². The number of rotatable bonds is 7. The molecule has 6 heteroatoms. The van der Waals surface area contributed by atoms with Crippen LogP contribution in [-0.4, -0.2) is 55.4 Å². The molecule has 0 aromatic heterocycles. The standard InChI is InChI=1S/C15H21N3O3/c1-11(18(2)9-13(19)10-21-3)15(20)17-14-7-5-4-6-12(14)8-16/h4-7,11,13,19H,9-10H2,1-3H3,(H,17,20). The Labute approximate surface area is 124 Å². The van der Waals surface area contributed by atoms with Gasteiger partial charge in [0, 0.05) is 13.7 Å². The number of aliphatic hydroxyl groups is 1. The quantitative estimate of drug-likeness (QED) is 0.777. The van der Waals surface area contributed by atoms with Gasteiger partial charge in [-0.25, -0.2) is 0 Å². The third-order valence-corrected chi connectivity index (χ3v) is 3.20. The number of aliphatic hydroxyl groups excluding tert-OH is 1. The molecule has 0 aliphatic carbocycles. The molecule has 0 aliphatic rings. The SMILES string of the molecule is COCC(O)CN(C)C(C)C(=O)Nc1ccccc1C#N. The number of hydrogen-bond donors (Lipinski definition) is 2. The number of hydrogen-bond acceptors (Lipinski definition) is 5. The molecule has 1 amide bonds. The van der Waals surface area contributed by atoms with E-state index in [1.54, 1.807) is 43.1 Å². The van der Waals surface area contributed by atoms with E-state index in [0.717, 1.165) is 0 Å². The largest absolute Gasteiger partial charge is 0.389 e. The van der Waals surface area contributed by atoms with Gasteiger partial charge in [-0.15, -0.1) is 0 Å². The molecule has 0 fully saturated rings. The van der Waals surface area contributed by atoms with Crippen molar-refractivity contribution in [3.05, 3.63) is 29.8 Å². The van der Waals surface area contributed by atoms with Crippen molar-refractivity contribution in [3.63, 3.8) is 0 Å². The molecule has 0 saturated heterocycles. The first-order valence-electron chi connectivity index (χ1n) is 6.66. The highest BCUT2D eigenvalue weighted by molar-refractivity contribution is 5.95. The number of para-hydroxylation sites is 1. The molecule has 2 unspecified atom stereocenters. The summed E-state index contributed by atoms with van der Waals surface area (Å²) in [5.41, 5.74) is 0.905. The van der Waals surface area contributed by atoms with Crippen molar-refractivity contribution in [2.24, 2.45) is 0 Å². The molecule has 2 N–H and O–H groups in total. The van der Waals surface area contributed by atoms with Gasteiger partial charge in [-0.1, -0.05) is 12.1 Å². The first kappa shape index (κ1) is 17.1. The van der Waals surface area contributed by atoms with Gasteiger partial charge in [0.25, 0.3) is 0 Å². The predicted octanol–water partition coefficient (Wildman–Crippen LogP) is 0.824. The maximum atomic E-state index is 12.2. The highest BCUT2D eigenvalue weighted by Crippen LogP contribution is 2.14. The predicted molar refractivity (Wildman–Crippen MR) is 79.8 cm³/mol. The Morgan fingerprint density at radius 1 is 1.52 bits per heavy atom. The van der Waals surface area contributed by atoms with E-state index >= 15 is 0 Å². The van der Waals surface area contributed by atoms with E-state index in [2.05, 4.69) is 5.32 Å². The number of methoxy groups -OCH3 is 1. The van der Waals surface area contributed by atoms with Crippen molar-refractivity contribution in [2.75, 3.05) is 32.6 Å². The summed E-state index contributed by atoms with van der Waals surface area (Å²) in [6, 6.07) is 8.42. The average Bonchev–Trinajstić information content (AvgIpc) is 2.47. The third kappa shape index (κ3) is 5.16. The van der Waals surface area contributed by atoms with Crippen LogP contribution in [0, 0.1) is 11.3 Å². The zero-order valence-electron chi connectivity index (χ0n) is 12.5. The number of anilines is 1. The summed E-state index contributed by atoms with van der Waals surface area (Å²) >= 11 is 0. The number of ether oxygens (including phenoxy) is 1. The van der Waals surface area contributed by atoms with Gasteiger partial charge >= 0.3 is 0 Å². The second-order valence-electron chi connectivity index (χ2n) is 4.87. The Morgan fingerprint density at radius 2 is 2.19 bits per heavy atom. The van der Waals surface area contributed by atoms with Crippen LogP contribution in [0.3, 0.4) is 0 Å². The summed E-state index contributed by atoms with van der Waals surface area (Å²) in [5, 5.41) is 21.4. The van der Waals surface area contributed by atoms with E-state index in [-0.39, 0.29) is 12.5 Å². The molecule has 114 valence electrons. The molecule has 0 saturated carbocycles. The fourth-order valence-corrected chi connectivity index (χ4v) is 1.86.